The van der Waals surface area contributed by atoms with Gasteiger partial charge in [0, 0.05) is 31.0 Å². The van der Waals surface area contributed by atoms with Crippen LogP contribution >= 0.6 is 7.82 Å². The van der Waals surface area contributed by atoms with Crippen LogP contribution in [0.25, 0.3) is 0 Å². The lowest BCUT2D eigenvalue weighted by Crippen LogP contribution is -2.34. The lowest BCUT2D eigenvalue weighted by Gasteiger charge is -2.23. The highest BCUT2D eigenvalue weighted by Gasteiger charge is 2.07. The fraction of sp³-hybridized carbons (Fsp3) is 0.500. The molecule has 0 heterocycles. The van der Waals surface area contributed by atoms with E-state index in [9.17, 15) is 8.42 Å². The molecule has 6 N–H and O–H groups in total. The van der Waals surface area contributed by atoms with E-state index < -0.39 is 17.8 Å². The van der Waals surface area contributed by atoms with Gasteiger partial charge in [0.2, 0.25) is 10.0 Å². The zero-order valence-electron chi connectivity index (χ0n) is 13.3. The van der Waals surface area contributed by atoms with E-state index in [1.165, 1.54) is 0 Å². The molecule has 0 unspecified atom stereocenters. The summed E-state index contributed by atoms with van der Waals surface area (Å²) in [7, 11) is -7.76. The monoisotopic (exact) mass is 369 g/mol. The summed E-state index contributed by atoms with van der Waals surface area (Å²) >= 11 is 0. The molecular formula is C12H24N3O6PS. The first-order valence-electron chi connectivity index (χ1n) is 6.67. The number of anilines is 2. The fourth-order valence-corrected chi connectivity index (χ4v) is 2.15. The van der Waals surface area contributed by atoms with E-state index in [0.717, 1.165) is 29.7 Å². The van der Waals surface area contributed by atoms with Crippen LogP contribution in [0.1, 0.15) is 12.5 Å². The second-order valence-electron chi connectivity index (χ2n) is 4.80. The summed E-state index contributed by atoms with van der Waals surface area (Å²) in [5, 5.41) is 0. The van der Waals surface area contributed by atoms with Crippen LogP contribution in [0.15, 0.2) is 18.2 Å². The van der Waals surface area contributed by atoms with Crippen molar-refractivity contribution < 1.29 is 27.7 Å². The van der Waals surface area contributed by atoms with Crippen LogP contribution in [0.2, 0.25) is 0 Å². The topological polar surface area (TPSA) is 153 Å². The molecule has 0 spiro atoms. The highest BCUT2D eigenvalue weighted by atomic mass is 32.2. The van der Waals surface area contributed by atoms with E-state index in [1.807, 2.05) is 32.0 Å². The van der Waals surface area contributed by atoms with Gasteiger partial charge in [-0.05, 0) is 37.6 Å². The molecular weight excluding hydrogens is 345 g/mol. The Bertz CT molecular complexity index is 638. The quantitative estimate of drug-likeness (QED) is 0.347. The molecule has 0 radical (unpaired) electrons. The Morgan fingerprint density at radius 1 is 1.30 bits per heavy atom. The van der Waals surface area contributed by atoms with Gasteiger partial charge in [0.05, 0.1) is 6.26 Å². The fourth-order valence-electron chi connectivity index (χ4n) is 1.69. The van der Waals surface area contributed by atoms with E-state index in [4.69, 9.17) is 25.0 Å². The summed E-state index contributed by atoms with van der Waals surface area (Å²) in [5.41, 5.74) is 8.63. The molecule has 11 heteroatoms. The molecule has 9 nitrogen and oxygen atoms in total. The summed E-state index contributed by atoms with van der Waals surface area (Å²) in [6, 6.07) is 5.84. The number of sulfonamides is 1. The molecule has 1 rings (SSSR count). The normalized spacial score (nSPS) is 11.6. The first-order chi connectivity index (χ1) is 10.3. The number of nitrogens with two attached hydrogens (primary N) is 1. The Balaban J connectivity index is 0.000000841. The van der Waals surface area contributed by atoms with Crippen molar-refractivity contribution in [3.8, 4) is 0 Å². The average molecular weight is 369 g/mol. The van der Waals surface area contributed by atoms with Crippen molar-refractivity contribution in [3.05, 3.63) is 23.8 Å². The van der Waals surface area contributed by atoms with Crippen LogP contribution in [0.5, 0.6) is 0 Å². The van der Waals surface area contributed by atoms with Gasteiger partial charge < -0.3 is 25.3 Å². The molecule has 0 amide bonds. The van der Waals surface area contributed by atoms with Crippen molar-refractivity contribution in [2.75, 3.05) is 36.5 Å². The SMILES string of the molecule is CCN(CCNS(C)(=O)=O)c1ccc(N)c(C)c1.O=P(O)(O)O. The third-order valence-electron chi connectivity index (χ3n) is 2.75. The van der Waals surface area contributed by atoms with Gasteiger partial charge in [0.25, 0.3) is 0 Å². The van der Waals surface area contributed by atoms with Crippen LogP contribution in [0.3, 0.4) is 0 Å². The number of likely N-dealkylation sites (N-methyl/N-ethyl adjacent to an activating group) is 1. The molecule has 23 heavy (non-hydrogen) atoms. The summed E-state index contributed by atoms with van der Waals surface area (Å²) < 4.78 is 33.4. The van der Waals surface area contributed by atoms with Crippen molar-refractivity contribution in [1.82, 2.24) is 4.72 Å². The maximum absolute atomic E-state index is 11.0. The van der Waals surface area contributed by atoms with E-state index in [0.29, 0.717) is 13.1 Å². The second-order valence-corrected chi connectivity index (χ2v) is 7.66. The maximum Gasteiger partial charge on any atom is 0.466 e. The minimum Gasteiger partial charge on any atom is -0.399 e. The molecule has 0 saturated heterocycles. The predicted octanol–water partition coefficient (Wildman–Crippen LogP) is 0.0241. The predicted molar refractivity (Wildman–Crippen MR) is 90.6 cm³/mol. The van der Waals surface area contributed by atoms with Crippen molar-refractivity contribution in [2.24, 2.45) is 0 Å². The third kappa shape index (κ3) is 12.0. The molecule has 0 bridgehead atoms. The van der Waals surface area contributed by atoms with Crippen LogP contribution in [-0.2, 0) is 14.6 Å². The molecule has 0 aliphatic rings. The lowest BCUT2D eigenvalue weighted by molar-refractivity contribution is 0.275. The molecule has 0 aromatic heterocycles. The Kier molecular flexibility index (Phi) is 8.75. The van der Waals surface area contributed by atoms with E-state index in [2.05, 4.69) is 9.62 Å². The van der Waals surface area contributed by atoms with E-state index in [-0.39, 0.29) is 0 Å². The number of nitrogens with one attached hydrogen (secondary N) is 1. The highest BCUT2D eigenvalue weighted by Crippen LogP contribution is 2.25. The van der Waals surface area contributed by atoms with E-state index in [1.54, 1.807) is 0 Å². The number of rotatable bonds is 6. The minimum absolute atomic E-state index is 0.399. The van der Waals surface area contributed by atoms with Crippen LogP contribution in [0.4, 0.5) is 11.4 Å². The molecule has 134 valence electrons. The highest BCUT2D eigenvalue weighted by molar-refractivity contribution is 7.88. The van der Waals surface area contributed by atoms with Gasteiger partial charge in [-0.25, -0.2) is 17.7 Å². The third-order valence-corrected chi connectivity index (χ3v) is 3.47. The maximum atomic E-state index is 11.0. The van der Waals surface area contributed by atoms with E-state index >= 15 is 0 Å². The standard InChI is InChI=1S/C12H21N3O2S.H3O4P/c1-4-15(8-7-14-18(3,16)17)11-5-6-12(13)10(2)9-11;1-5(2,3)4/h5-6,9,14H,4,7-8,13H2,1-3H3;(H3,1,2,3,4). The Hall–Kier alpha value is -1.16. The first-order valence-corrected chi connectivity index (χ1v) is 10.1. The average Bonchev–Trinajstić information content (AvgIpc) is 2.35. The zero-order valence-corrected chi connectivity index (χ0v) is 15.0. The second kappa shape index (κ2) is 9.21. The van der Waals surface area contributed by atoms with Gasteiger partial charge in [-0.3, -0.25) is 0 Å². The minimum atomic E-state index is -4.64. The number of nitrogen functional groups attached to an aromatic ring is 1. The van der Waals surface area contributed by atoms with Crippen molar-refractivity contribution in [2.45, 2.75) is 13.8 Å². The molecule has 0 aliphatic carbocycles. The van der Waals surface area contributed by atoms with Crippen LogP contribution in [-0.4, -0.2) is 49.0 Å². The number of phosphoric acid groups is 1. The van der Waals surface area contributed by atoms with Gasteiger partial charge in [-0.2, -0.15) is 0 Å². The lowest BCUT2D eigenvalue weighted by atomic mass is 10.1. The van der Waals surface area contributed by atoms with Crippen molar-refractivity contribution >= 4 is 29.2 Å². The molecule has 0 saturated carbocycles. The molecule has 0 atom stereocenters. The Labute approximate surface area is 136 Å². The number of hydrogen-bond donors (Lipinski definition) is 5. The summed E-state index contributed by atoms with van der Waals surface area (Å²) in [4.78, 5) is 23.7. The van der Waals surface area contributed by atoms with Gasteiger partial charge in [0.15, 0.2) is 0 Å². The van der Waals surface area contributed by atoms with Gasteiger partial charge in [-0.15, -0.1) is 0 Å². The Morgan fingerprint density at radius 2 is 1.83 bits per heavy atom. The first kappa shape index (κ1) is 21.8. The number of nitrogens with zero attached hydrogens (tertiary/aromatic N) is 1. The summed E-state index contributed by atoms with van der Waals surface area (Å²) in [6.07, 6.45) is 1.16. The van der Waals surface area contributed by atoms with Crippen molar-refractivity contribution in [1.29, 1.82) is 0 Å². The molecule has 0 fully saturated rings. The van der Waals surface area contributed by atoms with Crippen LogP contribution in [0, 0.1) is 6.92 Å². The summed E-state index contributed by atoms with van der Waals surface area (Å²) in [6.45, 7) is 5.84. The Morgan fingerprint density at radius 3 is 2.22 bits per heavy atom. The number of aryl methyl sites for hydroxylation is 1. The zero-order chi connectivity index (χ0) is 18.3. The largest absolute Gasteiger partial charge is 0.466 e. The van der Waals surface area contributed by atoms with Crippen molar-refractivity contribution in [3.63, 3.8) is 0 Å². The molecule has 1 aromatic carbocycles. The van der Waals surface area contributed by atoms with Gasteiger partial charge >= 0.3 is 7.82 Å². The smallest absolute Gasteiger partial charge is 0.399 e. The molecule has 1 aromatic rings. The van der Waals surface area contributed by atoms with Gasteiger partial charge in [0.1, 0.15) is 0 Å². The number of hydrogen-bond acceptors (Lipinski definition) is 5. The molecule has 0 aliphatic heterocycles. The van der Waals surface area contributed by atoms with Gasteiger partial charge in [-0.1, -0.05) is 0 Å². The number of benzene rings is 1. The van der Waals surface area contributed by atoms with Crippen LogP contribution < -0.4 is 15.4 Å². The summed E-state index contributed by atoms with van der Waals surface area (Å²) in [5.74, 6) is 0.